The summed E-state index contributed by atoms with van der Waals surface area (Å²) in [5.74, 6) is 0.994. The van der Waals surface area contributed by atoms with Crippen LogP contribution in [0.25, 0.3) is 5.69 Å². The average molecular weight is 479 g/mol. The van der Waals surface area contributed by atoms with E-state index in [1.54, 1.807) is 30.7 Å². The molecule has 1 saturated heterocycles. The second-order valence-electron chi connectivity index (χ2n) is 8.13. The lowest BCUT2D eigenvalue weighted by molar-refractivity contribution is 0.286. The van der Waals surface area contributed by atoms with Crippen LogP contribution in [0.3, 0.4) is 0 Å². The van der Waals surface area contributed by atoms with Crippen molar-refractivity contribution in [2.45, 2.75) is 32.5 Å². The van der Waals surface area contributed by atoms with Crippen molar-refractivity contribution < 1.29 is 9.52 Å². The van der Waals surface area contributed by atoms with E-state index in [2.05, 4.69) is 21.3 Å². The zero-order chi connectivity index (χ0) is 23.1. The van der Waals surface area contributed by atoms with Crippen LogP contribution in [0.2, 0.25) is 5.02 Å². The van der Waals surface area contributed by atoms with Gasteiger partial charge in [-0.1, -0.05) is 17.7 Å². The van der Waals surface area contributed by atoms with Crippen LogP contribution in [0.15, 0.2) is 71.5 Å². The summed E-state index contributed by atoms with van der Waals surface area (Å²) in [4.78, 5) is 6.75. The van der Waals surface area contributed by atoms with Crippen molar-refractivity contribution >= 4 is 28.9 Å². The molecule has 0 aliphatic carbocycles. The van der Waals surface area contributed by atoms with Crippen LogP contribution < -0.4 is 5.32 Å². The Morgan fingerprint density at radius 1 is 1.15 bits per heavy atom. The van der Waals surface area contributed by atoms with Crippen molar-refractivity contribution in [3.05, 3.63) is 100 Å². The molecule has 0 unspecified atom stereocenters. The number of furan rings is 1. The van der Waals surface area contributed by atoms with Crippen molar-refractivity contribution in [2.24, 2.45) is 0 Å². The number of nitrogens with one attached hydrogen (secondary N) is 1. The van der Waals surface area contributed by atoms with E-state index in [0.717, 1.165) is 28.4 Å². The Kier molecular flexibility index (Phi) is 5.60. The van der Waals surface area contributed by atoms with Gasteiger partial charge in [-0.05, 0) is 80.2 Å². The van der Waals surface area contributed by atoms with E-state index >= 15 is 0 Å². The molecule has 0 saturated carbocycles. The quantitative estimate of drug-likeness (QED) is 0.363. The Morgan fingerprint density at radius 2 is 2.00 bits per heavy atom. The maximum Gasteiger partial charge on any atom is 0.170 e. The fraction of sp³-hybridized carbons (Fsp3) is 0.200. The molecule has 2 atom stereocenters. The lowest BCUT2D eigenvalue weighted by Gasteiger charge is -2.27. The number of aromatic nitrogens is 2. The van der Waals surface area contributed by atoms with Crippen molar-refractivity contribution in [3.63, 3.8) is 0 Å². The van der Waals surface area contributed by atoms with Gasteiger partial charge in [0.05, 0.1) is 36.3 Å². The summed E-state index contributed by atoms with van der Waals surface area (Å²) < 4.78 is 7.65. The Bertz CT molecular complexity index is 1300. The molecule has 5 rings (SSSR count). The van der Waals surface area contributed by atoms with Crippen molar-refractivity contribution in [1.82, 2.24) is 19.8 Å². The molecule has 1 aliphatic rings. The predicted molar refractivity (Wildman–Crippen MR) is 132 cm³/mol. The van der Waals surface area contributed by atoms with E-state index in [9.17, 15) is 5.11 Å². The van der Waals surface area contributed by atoms with Crippen molar-refractivity contribution in [3.8, 4) is 11.4 Å². The van der Waals surface area contributed by atoms with Gasteiger partial charge >= 0.3 is 0 Å². The predicted octanol–water partition coefficient (Wildman–Crippen LogP) is 5.61. The zero-order valence-electron chi connectivity index (χ0n) is 18.2. The van der Waals surface area contributed by atoms with Crippen LogP contribution in [-0.4, -0.2) is 24.7 Å². The standard InChI is InChI=1S/C25H23ClN4O2S/c1-15-12-19(16(2)30(15)21-13-17(26)8-9-22(21)31)24-23(20-7-3-4-10-27-20)28-25(33)29(24)14-18-6-5-11-32-18/h3-13,23-24,31H,14H2,1-2H3,(H,28,33)/t23-,24-/m0/s1. The molecule has 8 heteroatoms. The first-order valence-electron chi connectivity index (χ1n) is 10.6. The topological polar surface area (TPSA) is 66.5 Å². The highest BCUT2D eigenvalue weighted by atomic mass is 35.5. The number of halogens is 1. The summed E-state index contributed by atoms with van der Waals surface area (Å²) in [6, 6.07) is 16.6. The fourth-order valence-electron chi connectivity index (χ4n) is 4.62. The van der Waals surface area contributed by atoms with Gasteiger partial charge in [-0.15, -0.1) is 0 Å². The molecule has 1 fully saturated rings. The monoisotopic (exact) mass is 478 g/mol. The number of hydrogen-bond donors (Lipinski definition) is 2. The largest absolute Gasteiger partial charge is 0.506 e. The lowest BCUT2D eigenvalue weighted by Crippen LogP contribution is -2.29. The van der Waals surface area contributed by atoms with Gasteiger partial charge in [-0.25, -0.2) is 0 Å². The van der Waals surface area contributed by atoms with E-state index in [1.165, 1.54) is 0 Å². The lowest BCUT2D eigenvalue weighted by atomic mass is 9.96. The molecular weight excluding hydrogens is 456 g/mol. The number of phenols is 1. The van der Waals surface area contributed by atoms with Gasteiger partial charge in [0, 0.05) is 22.6 Å². The third kappa shape index (κ3) is 3.87. The number of benzene rings is 1. The Balaban J connectivity index is 1.65. The number of nitrogens with zero attached hydrogens (tertiary/aromatic N) is 3. The summed E-state index contributed by atoms with van der Waals surface area (Å²) in [5.41, 5.74) is 4.61. The smallest absolute Gasteiger partial charge is 0.170 e. The minimum atomic E-state index is -0.143. The summed E-state index contributed by atoms with van der Waals surface area (Å²) in [6.07, 6.45) is 3.46. The minimum absolute atomic E-state index is 0.126. The average Bonchev–Trinajstić information content (AvgIpc) is 3.50. The van der Waals surface area contributed by atoms with Crippen molar-refractivity contribution in [2.75, 3.05) is 0 Å². The first-order chi connectivity index (χ1) is 15.9. The van der Waals surface area contributed by atoms with Crippen LogP contribution in [0.1, 0.15) is 40.5 Å². The molecule has 0 bridgehead atoms. The number of pyridine rings is 1. The number of aryl methyl sites for hydroxylation is 1. The van der Waals surface area contributed by atoms with Gasteiger partial charge < -0.3 is 24.3 Å². The second-order valence-corrected chi connectivity index (χ2v) is 8.95. The number of phenolic OH excluding ortho intramolecular Hbond substituents is 1. The van der Waals surface area contributed by atoms with Gasteiger partial charge in [0.1, 0.15) is 11.5 Å². The van der Waals surface area contributed by atoms with E-state index in [4.69, 9.17) is 28.2 Å². The molecule has 33 heavy (non-hydrogen) atoms. The molecule has 0 radical (unpaired) electrons. The minimum Gasteiger partial charge on any atom is -0.506 e. The number of aromatic hydroxyl groups is 1. The highest BCUT2D eigenvalue weighted by Crippen LogP contribution is 2.42. The maximum absolute atomic E-state index is 10.6. The first kappa shape index (κ1) is 21.6. The molecule has 4 heterocycles. The van der Waals surface area contributed by atoms with Gasteiger partial charge in [-0.3, -0.25) is 4.98 Å². The first-order valence-corrected chi connectivity index (χ1v) is 11.4. The number of hydrogen-bond acceptors (Lipinski definition) is 4. The van der Waals surface area contributed by atoms with Crippen LogP contribution in [0.4, 0.5) is 0 Å². The van der Waals surface area contributed by atoms with Gasteiger partial charge in [0.2, 0.25) is 0 Å². The highest BCUT2D eigenvalue weighted by molar-refractivity contribution is 7.80. The Hall–Kier alpha value is -3.29. The molecule has 0 amide bonds. The fourth-order valence-corrected chi connectivity index (χ4v) is 5.09. The SMILES string of the molecule is Cc1cc([C@H]2[C@H](c3ccccn3)NC(=S)N2Cc2ccco2)c(C)n1-c1cc(Cl)ccc1O. The molecule has 3 aromatic heterocycles. The normalized spacial score (nSPS) is 18.0. The summed E-state index contributed by atoms with van der Waals surface area (Å²) in [6.45, 7) is 4.59. The highest BCUT2D eigenvalue weighted by Gasteiger charge is 2.41. The van der Waals surface area contributed by atoms with Crippen LogP contribution >= 0.6 is 23.8 Å². The second kappa shape index (κ2) is 8.57. The number of rotatable bonds is 5. The van der Waals surface area contributed by atoms with Crippen LogP contribution in [0.5, 0.6) is 5.75 Å². The summed E-state index contributed by atoms with van der Waals surface area (Å²) in [5, 5.41) is 15.2. The molecule has 6 nitrogen and oxygen atoms in total. The third-order valence-corrected chi connectivity index (χ3v) is 6.66. The Labute approximate surface area is 202 Å². The molecule has 1 aromatic carbocycles. The van der Waals surface area contributed by atoms with Crippen molar-refractivity contribution in [1.29, 1.82) is 0 Å². The maximum atomic E-state index is 10.6. The third-order valence-electron chi connectivity index (χ3n) is 6.07. The summed E-state index contributed by atoms with van der Waals surface area (Å²) >= 11 is 12.0. The van der Waals surface area contributed by atoms with Gasteiger partial charge in [0.15, 0.2) is 5.11 Å². The van der Waals surface area contributed by atoms with Crippen LogP contribution in [-0.2, 0) is 6.54 Å². The molecule has 1 aliphatic heterocycles. The van der Waals surface area contributed by atoms with E-state index < -0.39 is 0 Å². The zero-order valence-corrected chi connectivity index (χ0v) is 19.8. The van der Waals surface area contributed by atoms with E-state index in [-0.39, 0.29) is 17.8 Å². The summed E-state index contributed by atoms with van der Waals surface area (Å²) in [7, 11) is 0. The molecular formula is C25H23ClN4O2S. The molecule has 168 valence electrons. The van der Waals surface area contributed by atoms with Gasteiger partial charge in [-0.2, -0.15) is 0 Å². The Morgan fingerprint density at radius 3 is 2.73 bits per heavy atom. The molecule has 2 N–H and O–H groups in total. The number of thiocarbonyl (C=S) groups is 1. The van der Waals surface area contributed by atoms with Crippen LogP contribution in [0, 0.1) is 13.8 Å². The van der Waals surface area contributed by atoms with E-state index in [0.29, 0.717) is 22.4 Å². The molecule has 4 aromatic rings. The molecule has 0 spiro atoms. The van der Waals surface area contributed by atoms with E-state index in [1.807, 2.05) is 48.7 Å². The van der Waals surface area contributed by atoms with Gasteiger partial charge in [0.25, 0.3) is 0 Å².